The second-order valence-corrected chi connectivity index (χ2v) is 6.59. The molecule has 1 aromatic rings. The number of nitrogens with zero attached hydrogens (tertiary/aromatic N) is 5. The van der Waals surface area contributed by atoms with E-state index in [2.05, 4.69) is 20.0 Å². The van der Waals surface area contributed by atoms with Crippen LogP contribution >= 0.6 is 0 Å². The summed E-state index contributed by atoms with van der Waals surface area (Å²) in [5.74, 6) is 0.845. The lowest BCUT2D eigenvalue weighted by molar-refractivity contribution is -0.124. The molecule has 1 aromatic heterocycles. The lowest BCUT2D eigenvalue weighted by atomic mass is 9.88. The highest BCUT2D eigenvalue weighted by molar-refractivity contribution is 6.39. The number of carbonyl (C=O) groups is 1. The fraction of sp³-hybridized carbons (Fsp3) is 0.625. The summed E-state index contributed by atoms with van der Waals surface area (Å²) < 4.78 is 0. The van der Waals surface area contributed by atoms with Crippen molar-refractivity contribution in [3.63, 3.8) is 0 Å². The van der Waals surface area contributed by atoms with Crippen molar-refractivity contribution in [3.8, 4) is 0 Å². The van der Waals surface area contributed by atoms with Crippen molar-refractivity contribution < 1.29 is 9.63 Å². The molecular weight excluding hydrogens is 294 g/mol. The highest BCUT2D eigenvalue weighted by atomic mass is 16.7. The maximum absolute atomic E-state index is 12.4. The minimum absolute atomic E-state index is 0.0453. The van der Waals surface area contributed by atoms with Gasteiger partial charge in [-0.25, -0.2) is 9.97 Å². The summed E-state index contributed by atoms with van der Waals surface area (Å²) in [6, 6.07) is 2.04. The van der Waals surface area contributed by atoms with Crippen molar-refractivity contribution in [2.75, 3.05) is 25.0 Å². The number of oxime groups is 1. The summed E-state index contributed by atoms with van der Waals surface area (Å²) in [6.45, 7) is 5.59. The largest absolute Gasteiger partial charge is 0.386 e. The number of carbonyl (C=O) groups excluding carboxylic acids is 1. The van der Waals surface area contributed by atoms with Gasteiger partial charge in [0.15, 0.2) is 5.60 Å². The second kappa shape index (κ2) is 6.14. The summed E-state index contributed by atoms with van der Waals surface area (Å²) in [7, 11) is 1.80. The smallest absolute Gasteiger partial charge is 0.271 e. The van der Waals surface area contributed by atoms with Gasteiger partial charge in [-0.05, 0) is 32.8 Å². The van der Waals surface area contributed by atoms with E-state index in [1.165, 1.54) is 0 Å². The fourth-order valence-corrected chi connectivity index (χ4v) is 3.06. The molecule has 1 fully saturated rings. The van der Waals surface area contributed by atoms with Crippen LogP contribution in [-0.2, 0) is 9.63 Å². The predicted molar refractivity (Wildman–Crippen MR) is 87.3 cm³/mol. The molecule has 23 heavy (non-hydrogen) atoms. The Kier molecular flexibility index (Phi) is 4.19. The summed E-state index contributed by atoms with van der Waals surface area (Å²) in [5.41, 5.74) is 0.108. The standard InChI is InChI=1S/C16H23N5O2/c1-12(2)20(3)15(22)13-9-16(23-19-13)6-4-8-21(10-16)14-5-7-17-11-18-14/h5,7,11-12H,4,6,8-10H2,1-3H3. The van der Waals surface area contributed by atoms with Gasteiger partial charge in [0.05, 0.1) is 6.54 Å². The van der Waals surface area contributed by atoms with Crippen LogP contribution in [-0.4, -0.2) is 58.3 Å². The molecule has 124 valence electrons. The molecule has 3 rings (SSSR count). The van der Waals surface area contributed by atoms with E-state index in [9.17, 15) is 4.79 Å². The van der Waals surface area contributed by atoms with Crippen LogP contribution < -0.4 is 4.90 Å². The Morgan fingerprint density at radius 1 is 1.48 bits per heavy atom. The zero-order chi connectivity index (χ0) is 16.4. The van der Waals surface area contributed by atoms with Crippen LogP contribution in [0.2, 0.25) is 0 Å². The lowest BCUT2D eigenvalue weighted by Gasteiger charge is -2.38. The van der Waals surface area contributed by atoms with E-state index >= 15 is 0 Å². The van der Waals surface area contributed by atoms with Gasteiger partial charge in [0.1, 0.15) is 17.9 Å². The predicted octanol–water partition coefficient (Wildman–Crippen LogP) is 1.46. The first-order chi connectivity index (χ1) is 11.0. The summed E-state index contributed by atoms with van der Waals surface area (Å²) in [4.78, 5) is 30.3. The molecule has 0 aromatic carbocycles. The van der Waals surface area contributed by atoms with E-state index in [1.807, 2.05) is 19.9 Å². The second-order valence-electron chi connectivity index (χ2n) is 6.59. The molecule has 0 aliphatic carbocycles. The number of hydrogen-bond acceptors (Lipinski definition) is 6. The SMILES string of the molecule is CC(C)N(C)C(=O)C1=NOC2(CCCN(c3ccncn3)C2)C1. The number of amides is 1. The molecule has 1 atom stereocenters. The van der Waals surface area contributed by atoms with E-state index in [0.29, 0.717) is 18.7 Å². The Hall–Kier alpha value is -2.18. The quantitative estimate of drug-likeness (QED) is 0.844. The number of anilines is 1. The molecule has 0 N–H and O–H groups in total. The Morgan fingerprint density at radius 3 is 3.00 bits per heavy atom. The molecule has 1 saturated heterocycles. The van der Waals surface area contributed by atoms with Crippen molar-refractivity contribution >= 4 is 17.4 Å². The van der Waals surface area contributed by atoms with Crippen LogP contribution in [0.5, 0.6) is 0 Å². The first-order valence-corrected chi connectivity index (χ1v) is 8.04. The zero-order valence-corrected chi connectivity index (χ0v) is 13.9. The van der Waals surface area contributed by atoms with Crippen molar-refractivity contribution in [2.45, 2.75) is 44.8 Å². The minimum Gasteiger partial charge on any atom is -0.386 e. The number of aromatic nitrogens is 2. The highest BCUT2D eigenvalue weighted by Crippen LogP contribution is 2.35. The molecule has 2 aliphatic rings. The first kappa shape index (κ1) is 15.7. The molecule has 1 spiro atoms. The number of hydrogen-bond donors (Lipinski definition) is 0. The summed E-state index contributed by atoms with van der Waals surface area (Å²) in [6.07, 6.45) is 5.74. The van der Waals surface area contributed by atoms with Crippen LogP contribution in [0.15, 0.2) is 23.7 Å². The van der Waals surface area contributed by atoms with Gasteiger partial charge in [0.2, 0.25) is 0 Å². The van der Waals surface area contributed by atoms with E-state index in [4.69, 9.17) is 4.84 Å². The third-order valence-electron chi connectivity index (χ3n) is 4.61. The zero-order valence-electron chi connectivity index (χ0n) is 13.9. The van der Waals surface area contributed by atoms with Crippen LogP contribution in [0.1, 0.15) is 33.1 Å². The van der Waals surface area contributed by atoms with E-state index in [1.54, 1.807) is 24.5 Å². The summed E-state index contributed by atoms with van der Waals surface area (Å²) in [5, 5.41) is 4.11. The third-order valence-corrected chi connectivity index (χ3v) is 4.61. The summed E-state index contributed by atoms with van der Waals surface area (Å²) >= 11 is 0. The van der Waals surface area contributed by atoms with Crippen molar-refractivity contribution in [1.82, 2.24) is 14.9 Å². The Balaban J connectivity index is 1.69. The van der Waals surface area contributed by atoms with E-state index in [0.717, 1.165) is 25.2 Å². The van der Waals surface area contributed by atoms with Crippen molar-refractivity contribution in [3.05, 3.63) is 18.6 Å². The average molecular weight is 317 g/mol. The normalized spacial score (nSPS) is 23.8. The Labute approximate surface area is 136 Å². The third kappa shape index (κ3) is 3.13. The number of rotatable bonds is 3. The van der Waals surface area contributed by atoms with Gasteiger partial charge in [0, 0.05) is 32.3 Å². The van der Waals surface area contributed by atoms with Crippen LogP contribution in [0.4, 0.5) is 5.82 Å². The highest BCUT2D eigenvalue weighted by Gasteiger charge is 2.45. The topological polar surface area (TPSA) is 70.9 Å². The van der Waals surface area contributed by atoms with Crippen molar-refractivity contribution in [2.24, 2.45) is 5.16 Å². The molecular formula is C16H23N5O2. The van der Waals surface area contributed by atoms with E-state index in [-0.39, 0.29) is 11.9 Å². The molecule has 7 nitrogen and oxygen atoms in total. The van der Waals surface area contributed by atoms with Crippen LogP contribution in [0, 0.1) is 0 Å². The molecule has 1 amide bonds. The maximum atomic E-state index is 12.4. The van der Waals surface area contributed by atoms with Gasteiger partial charge in [-0.3, -0.25) is 4.79 Å². The van der Waals surface area contributed by atoms with Crippen molar-refractivity contribution in [1.29, 1.82) is 0 Å². The van der Waals surface area contributed by atoms with Gasteiger partial charge < -0.3 is 14.6 Å². The van der Waals surface area contributed by atoms with Crippen LogP contribution in [0.3, 0.4) is 0 Å². The minimum atomic E-state index is -0.411. The molecule has 3 heterocycles. The molecule has 0 radical (unpaired) electrons. The number of piperidine rings is 1. The Bertz CT molecular complexity index is 604. The molecule has 0 saturated carbocycles. The average Bonchev–Trinajstić information content (AvgIpc) is 2.97. The van der Waals surface area contributed by atoms with Crippen LogP contribution in [0.25, 0.3) is 0 Å². The maximum Gasteiger partial charge on any atom is 0.271 e. The molecule has 2 aliphatic heterocycles. The molecule has 0 bridgehead atoms. The van der Waals surface area contributed by atoms with Gasteiger partial charge in [0.25, 0.3) is 5.91 Å². The van der Waals surface area contributed by atoms with Gasteiger partial charge in [-0.1, -0.05) is 5.16 Å². The van der Waals surface area contributed by atoms with Gasteiger partial charge in [-0.15, -0.1) is 0 Å². The molecule has 1 unspecified atom stereocenters. The van der Waals surface area contributed by atoms with Gasteiger partial charge in [-0.2, -0.15) is 0 Å². The lowest BCUT2D eigenvalue weighted by Crippen LogP contribution is -2.49. The van der Waals surface area contributed by atoms with E-state index < -0.39 is 5.60 Å². The van der Waals surface area contributed by atoms with Gasteiger partial charge >= 0.3 is 0 Å². The fourth-order valence-electron chi connectivity index (χ4n) is 3.06. The first-order valence-electron chi connectivity index (χ1n) is 8.04. The monoisotopic (exact) mass is 317 g/mol. The Morgan fingerprint density at radius 2 is 2.30 bits per heavy atom. The molecule has 7 heteroatoms.